The molecule has 210 valence electrons. The zero-order valence-corrected chi connectivity index (χ0v) is 20.5. The van der Waals surface area contributed by atoms with Crippen LogP contribution >= 0.6 is 0 Å². The average Bonchev–Trinajstić information content (AvgIpc) is 2.83. The summed E-state index contributed by atoms with van der Waals surface area (Å²) in [7, 11) is 0. The Balaban J connectivity index is 3.12. The minimum atomic E-state index is -1.88. The Morgan fingerprint density at radius 2 is 1.24 bits per heavy atom. The van der Waals surface area contributed by atoms with Gasteiger partial charge in [0.1, 0.15) is 23.9 Å². The molecule has 0 heterocycles. The van der Waals surface area contributed by atoms with Crippen LogP contribution in [-0.4, -0.2) is 86.8 Å². The van der Waals surface area contributed by atoms with Gasteiger partial charge < -0.3 is 47.8 Å². The molecule has 4 unspecified atom stereocenters. The maximum absolute atomic E-state index is 13.1. The van der Waals surface area contributed by atoms with Crippen LogP contribution in [0.2, 0.25) is 0 Å². The Bertz CT molecular complexity index is 1000. The van der Waals surface area contributed by atoms with E-state index in [-0.39, 0.29) is 18.6 Å². The Labute approximate surface area is 217 Å². The highest BCUT2D eigenvalue weighted by Crippen LogP contribution is 2.12. The molecular formula is C23H33N5O10. The molecule has 4 atom stereocenters. The third-order valence-corrected chi connectivity index (χ3v) is 5.32. The van der Waals surface area contributed by atoms with Crippen LogP contribution in [0.4, 0.5) is 0 Å². The number of aliphatic carboxylic acids is 3. The number of carboxylic acids is 3. The maximum Gasteiger partial charge on any atom is 0.326 e. The lowest BCUT2D eigenvalue weighted by Crippen LogP contribution is -2.58. The first-order chi connectivity index (χ1) is 17.8. The molecule has 38 heavy (non-hydrogen) atoms. The Kier molecular flexibility index (Phi) is 13.2. The number of hydrogen-bond acceptors (Lipinski definition) is 9. The van der Waals surface area contributed by atoms with Crippen molar-refractivity contribution in [3.63, 3.8) is 0 Å². The topological polar surface area (TPSA) is 271 Å². The molecule has 0 fully saturated rings. The molecule has 0 radical (unpaired) electrons. The van der Waals surface area contributed by atoms with Gasteiger partial charge in [0.15, 0.2) is 0 Å². The number of amides is 3. The number of rotatable bonds is 17. The number of carboxylic acid groups (broad SMARTS) is 3. The van der Waals surface area contributed by atoms with Crippen LogP contribution in [0.25, 0.3) is 0 Å². The lowest BCUT2D eigenvalue weighted by Gasteiger charge is -2.24. The third-order valence-electron chi connectivity index (χ3n) is 5.32. The number of phenolic OH excluding ortho intramolecular Hbond substituents is 1. The van der Waals surface area contributed by atoms with E-state index in [1.807, 2.05) is 5.32 Å². The normalized spacial score (nSPS) is 13.8. The molecule has 0 spiro atoms. The largest absolute Gasteiger partial charge is 0.508 e. The SMILES string of the molecule is NCCCCC(N)C(=O)NC(Cc1ccc(O)cc1)C(=O)NC(CC(=O)O)C(=O)NC(CC(=O)O)C(=O)O. The Morgan fingerprint density at radius 1 is 0.737 bits per heavy atom. The van der Waals surface area contributed by atoms with Gasteiger partial charge in [0.25, 0.3) is 0 Å². The molecule has 1 aromatic carbocycles. The van der Waals surface area contributed by atoms with Crippen molar-refractivity contribution in [3.8, 4) is 5.75 Å². The van der Waals surface area contributed by atoms with Crippen molar-refractivity contribution in [2.45, 2.75) is 62.7 Å². The summed E-state index contributed by atoms with van der Waals surface area (Å²) in [5.41, 5.74) is 11.8. The number of unbranched alkanes of at least 4 members (excludes halogenated alkanes) is 1. The van der Waals surface area contributed by atoms with Crippen molar-refractivity contribution >= 4 is 35.6 Å². The fraction of sp³-hybridized carbons (Fsp3) is 0.478. The summed E-state index contributed by atoms with van der Waals surface area (Å²) in [6.07, 6.45) is -0.621. The molecule has 1 aromatic rings. The molecule has 1 rings (SSSR count). The number of hydrogen-bond donors (Lipinski definition) is 9. The van der Waals surface area contributed by atoms with Crippen LogP contribution < -0.4 is 27.4 Å². The second-order valence-electron chi connectivity index (χ2n) is 8.48. The number of benzene rings is 1. The van der Waals surface area contributed by atoms with Crippen molar-refractivity contribution in [3.05, 3.63) is 29.8 Å². The minimum absolute atomic E-state index is 0.0479. The highest BCUT2D eigenvalue weighted by molar-refractivity contribution is 5.96. The van der Waals surface area contributed by atoms with Gasteiger partial charge in [0, 0.05) is 6.42 Å². The molecule has 0 aromatic heterocycles. The first kappa shape index (κ1) is 31.8. The Hall–Kier alpha value is -4.24. The van der Waals surface area contributed by atoms with E-state index in [2.05, 4.69) is 10.6 Å². The van der Waals surface area contributed by atoms with Gasteiger partial charge in [-0.15, -0.1) is 0 Å². The lowest BCUT2D eigenvalue weighted by atomic mass is 10.0. The quantitative estimate of drug-likeness (QED) is 0.0961. The summed E-state index contributed by atoms with van der Waals surface area (Å²) in [4.78, 5) is 71.9. The Morgan fingerprint density at radius 3 is 1.76 bits per heavy atom. The van der Waals surface area contributed by atoms with Crippen molar-refractivity contribution in [2.75, 3.05) is 6.54 Å². The molecule has 3 amide bonds. The fourth-order valence-electron chi connectivity index (χ4n) is 3.30. The molecule has 15 heteroatoms. The molecule has 11 N–H and O–H groups in total. The van der Waals surface area contributed by atoms with E-state index in [1.165, 1.54) is 24.3 Å². The second kappa shape index (κ2) is 15.8. The van der Waals surface area contributed by atoms with Crippen molar-refractivity contribution in [2.24, 2.45) is 11.5 Å². The van der Waals surface area contributed by atoms with E-state index >= 15 is 0 Å². The van der Waals surface area contributed by atoms with Gasteiger partial charge in [-0.25, -0.2) is 4.79 Å². The first-order valence-electron chi connectivity index (χ1n) is 11.6. The maximum atomic E-state index is 13.1. The van der Waals surface area contributed by atoms with E-state index < -0.39 is 72.6 Å². The summed E-state index contributed by atoms with van der Waals surface area (Å²) in [6, 6.07) is -0.352. The second-order valence-corrected chi connectivity index (χ2v) is 8.48. The summed E-state index contributed by atoms with van der Waals surface area (Å²) < 4.78 is 0. The number of carbonyl (C=O) groups is 6. The van der Waals surface area contributed by atoms with Crippen LogP contribution in [0.5, 0.6) is 5.75 Å². The summed E-state index contributed by atoms with van der Waals surface area (Å²) in [5.74, 6) is -7.69. The van der Waals surface area contributed by atoms with E-state index in [0.29, 0.717) is 24.9 Å². The molecular weight excluding hydrogens is 506 g/mol. The van der Waals surface area contributed by atoms with Gasteiger partial charge in [0.2, 0.25) is 17.7 Å². The van der Waals surface area contributed by atoms with Gasteiger partial charge in [-0.05, 0) is 37.1 Å². The molecule has 0 aliphatic carbocycles. The molecule has 15 nitrogen and oxygen atoms in total. The summed E-state index contributed by atoms with van der Waals surface area (Å²) in [5, 5.41) is 43.2. The molecule has 0 aliphatic heterocycles. The van der Waals surface area contributed by atoms with Crippen molar-refractivity contribution in [1.82, 2.24) is 16.0 Å². The van der Waals surface area contributed by atoms with Gasteiger partial charge >= 0.3 is 17.9 Å². The summed E-state index contributed by atoms with van der Waals surface area (Å²) >= 11 is 0. The van der Waals surface area contributed by atoms with Crippen LogP contribution in [0, 0.1) is 0 Å². The average molecular weight is 540 g/mol. The first-order valence-corrected chi connectivity index (χ1v) is 11.6. The molecule has 0 bridgehead atoms. The number of nitrogens with two attached hydrogens (primary N) is 2. The fourth-order valence-corrected chi connectivity index (χ4v) is 3.30. The zero-order valence-electron chi connectivity index (χ0n) is 20.5. The van der Waals surface area contributed by atoms with Crippen LogP contribution in [-0.2, 0) is 35.2 Å². The third kappa shape index (κ3) is 11.7. The zero-order chi connectivity index (χ0) is 28.8. The van der Waals surface area contributed by atoms with E-state index in [0.717, 1.165) is 0 Å². The summed E-state index contributed by atoms with van der Waals surface area (Å²) in [6.45, 7) is 0.405. The van der Waals surface area contributed by atoms with Crippen LogP contribution in [0.1, 0.15) is 37.7 Å². The van der Waals surface area contributed by atoms with E-state index in [9.17, 15) is 39.0 Å². The van der Waals surface area contributed by atoms with Crippen LogP contribution in [0.3, 0.4) is 0 Å². The highest BCUT2D eigenvalue weighted by Gasteiger charge is 2.32. The molecule has 0 aliphatic rings. The molecule has 0 saturated carbocycles. The van der Waals surface area contributed by atoms with E-state index in [1.54, 1.807) is 0 Å². The van der Waals surface area contributed by atoms with Gasteiger partial charge in [-0.1, -0.05) is 18.6 Å². The standard InChI is InChI=1S/C23H33N5O10/c24-8-2-1-3-14(25)20(34)26-15(9-12-4-6-13(29)7-5-12)21(35)27-16(10-18(30)31)22(36)28-17(23(37)38)11-19(32)33/h4-7,14-17,29H,1-3,8-11,24-25H2,(H,26,34)(H,27,35)(H,28,36)(H,30,31)(H,32,33)(H,37,38). The van der Waals surface area contributed by atoms with Gasteiger partial charge in [0.05, 0.1) is 18.9 Å². The highest BCUT2D eigenvalue weighted by atomic mass is 16.4. The van der Waals surface area contributed by atoms with Crippen molar-refractivity contribution < 1.29 is 49.2 Å². The number of carbonyl (C=O) groups excluding carboxylic acids is 3. The predicted octanol–water partition coefficient (Wildman–Crippen LogP) is -2.12. The monoisotopic (exact) mass is 539 g/mol. The lowest BCUT2D eigenvalue weighted by molar-refractivity contribution is -0.148. The van der Waals surface area contributed by atoms with Gasteiger partial charge in [-0.3, -0.25) is 24.0 Å². The minimum Gasteiger partial charge on any atom is -0.508 e. The number of aromatic hydroxyl groups is 1. The predicted molar refractivity (Wildman–Crippen MR) is 131 cm³/mol. The van der Waals surface area contributed by atoms with Crippen LogP contribution in [0.15, 0.2) is 24.3 Å². The van der Waals surface area contributed by atoms with Crippen molar-refractivity contribution in [1.29, 1.82) is 0 Å². The number of nitrogens with one attached hydrogen (secondary N) is 3. The van der Waals surface area contributed by atoms with Gasteiger partial charge in [-0.2, -0.15) is 0 Å². The van der Waals surface area contributed by atoms with E-state index in [4.69, 9.17) is 21.7 Å². The smallest absolute Gasteiger partial charge is 0.326 e. The number of phenols is 1. The molecule has 0 saturated heterocycles.